The third kappa shape index (κ3) is 3.05. The Labute approximate surface area is 81.6 Å². The Kier molecular flexibility index (Phi) is 3.45. The lowest BCUT2D eigenvalue weighted by Crippen LogP contribution is -2.12. The summed E-state index contributed by atoms with van der Waals surface area (Å²) < 4.78 is 0. The van der Waals surface area contributed by atoms with Gasteiger partial charge in [0.15, 0.2) is 0 Å². The smallest absolute Gasteiger partial charge is 0.310 e. The molecule has 0 saturated carbocycles. The molecule has 0 aromatic heterocycles. The molecule has 4 heteroatoms. The molecule has 0 amide bonds. The zero-order chi connectivity index (χ0) is 10.6. The lowest BCUT2D eigenvalue weighted by atomic mass is 9.94. The SMILES string of the molecule is O=C(O)CCC1=CC(C(=O)O)CC=C1. The summed E-state index contributed by atoms with van der Waals surface area (Å²) >= 11 is 0. The second-order valence-electron chi connectivity index (χ2n) is 3.22. The highest BCUT2D eigenvalue weighted by atomic mass is 16.4. The summed E-state index contributed by atoms with van der Waals surface area (Å²) in [7, 11) is 0. The van der Waals surface area contributed by atoms with Crippen LogP contribution in [0.2, 0.25) is 0 Å². The number of hydrogen-bond acceptors (Lipinski definition) is 2. The summed E-state index contributed by atoms with van der Waals surface area (Å²) in [5.41, 5.74) is 0.797. The molecular weight excluding hydrogens is 184 g/mol. The van der Waals surface area contributed by atoms with Gasteiger partial charge in [-0.15, -0.1) is 0 Å². The molecule has 2 N–H and O–H groups in total. The van der Waals surface area contributed by atoms with Crippen LogP contribution in [0.15, 0.2) is 23.8 Å². The fourth-order valence-electron chi connectivity index (χ4n) is 1.34. The first-order chi connectivity index (χ1) is 6.59. The van der Waals surface area contributed by atoms with Crippen LogP contribution in [0.1, 0.15) is 19.3 Å². The Morgan fingerprint density at radius 2 is 2.14 bits per heavy atom. The van der Waals surface area contributed by atoms with Crippen LogP contribution < -0.4 is 0 Å². The van der Waals surface area contributed by atoms with Crippen molar-refractivity contribution in [2.24, 2.45) is 5.92 Å². The van der Waals surface area contributed by atoms with E-state index in [0.717, 1.165) is 5.57 Å². The standard InChI is InChI=1S/C10H12O4/c11-9(12)5-4-7-2-1-3-8(6-7)10(13)14/h1-2,6,8H,3-5H2,(H,11,12)(H,13,14). The van der Waals surface area contributed by atoms with Crippen molar-refractivity contribution in [3.05, 3.63) is 23.8 Å². The van der Waals surface area contributed by atoms with E-state index in [0.29, 0.717) is 12.8 Å². The molecule has 0 spiro atoms. The van der Waals surface area contributed by atoms with E-state index in [-0.39, 0.29) is 6.42 Å². The summed E-state index contributed by atoms with van der Waals surface area (Å²) in [5.74, 6) is -2.22. The van der Waals surface area contributed by atoms with Crippen molar-refractivity contribution in [2.45, 2.75) is 19.3 Å². The quantitative estimate of drug-likeness (QED) is 0.713. The number of carboxylic acid groups (broad SMARTS) is 2. The topological polar surface area (TPSA) is 74.6 Å². The molecule has 1 atom stereocenters. The van der Waals surface area contributed by atoms with Crippen molar-refractivity contribution < 1.29 is 19.8 Å². The van der Waals surface area contributed by atoms with Gasteiger partial charge < -0.3 is 10.2 Å². The first-order valence-corrected chi connectivity index (χ1v) is 4.41. The number of aliphatic carboxylic acids is 2. The average Bonchev–Trinajstić information content (AvgIpc) is 2.15. The van der Waals surface area contributed by atoms with E-state index in [4.69, 9.17) is 10.2 Å². The van der Waals surface area contributed by atoms with Gasteiger partial charge in [0, 0.05) is 6.42 Å². The highest BCUT2D eigenvalue weighted by Gasteiger charge is 2.16. The van der Waals surface area contributed by atoms with Crippen LogP contribution in [0.4, 0.5) is 0 Å². The highest BCUT2D eigenvalue weighted by molar-refractivity contribution is 5.73. The van der Waals surface area contributed by atoms with Crippen LogP contribution in [0, 0.1) is 5.92 Å². The van der Waals surface area contributed by atoms with Crippen molar-refractivity contribution >= 4 is 11.9 Å². The molecule has 0 aromatic carbocycles. The molecule has 1 aliphatic rings. The van der Waals surface area contributed by atoms with Crippen LogP contribution in [-0.4, -0.2) is 22.2 Å². The molecule has 0 bridgehead atoms. The van der Waals surface area contributed by atoms with E-state index in [1.807, 2.05) is 0 Å². The first-order valence-electron chi connectivity index (χ1n) is 4.41. The van der Waals surface area contributed by atoms with E-state index in [2.05, 4.69) is 0 Å². The summed E-state index contributed by atoms with van der Waals surface area (Å²) in [6.45, 7) is 0. The minimum Gasteiger partial charge on any atom is -0.481 e. The minimum absolute atomic E-state index is 0.0442. The van der Waals surface area contributed by atoms with Gasteiger partial charge in [-0.1, -0.05) is 23.8 Å². The monoisotopic (exact) mass is 196 g/mol. The zero-order valence-corrected chi connectivity index (χ0v) is 7.64. The minimum atomic E-state index is -0.864. The van der Waals surface area contributed by atoms with Gasteiger partial charge in [0.25, 0.3) is 0 Å². The van der Waals surface area contributed by atoms with Gasteiger partial charge in [-0.05, 0) is 12.8 Å². The van der Waals surface area contributed by atoms with Crippen molar-refractivity contribution in [2.75, 3.05) is 0 Å². The normalized spacial score (nSPS) is 20.3. The predicted molar refractivity (Wildman–Crippen MR) is 49.8 cm³/mol. The fraction of sp³-hybridized carbons (Fsp3) is 0.400. The van der Waals surface area contributed by atoms with Crippen molar-refractivity contribution in [3.8, 4) is 0 Å². The molecule has 1 rings (SSSR count). The molecule has 1 unspecified atom stereocenters. The lowest BCUT2D eigenvalue weighted by Gasteiger charge is -2.11. The Balaban J connectivity index is 2.55. The number of rotatable bonds is 4. The number of carbonyl (C=O) groups is 2. The molecule has 4 nitrogen and oxygen atoms in total. The number of hydrogen-bond donors (Lipinski definition) is 2. The lowest BCUT2D eigenvalue weighted by molar-refractivity contribution is -0.140. The van der Waals surface area contributed by atoms with E-state index in [1.54, 1.807) is 18.2 Å². The van der Waals surface area contributed by atoms with Crippen LogP contribution in [0.3, 0.4) is 0 Å². The Hall–Kier alpha value is -1.58. The molecule has 0 aromatic rings. The van der Waals surface area contributed by atoms with Gasteiger partial charge in [0.1, 0.15) is 0 Å². The maximum Gasteiger partial charge on any atom is 0.310 e. The summed E-state index contributed by atoms with van der Waals surface area (Å²) in [6.07, 6.45) is 6.13. The molecule has 0 saturated heterocycles. The number of carboxylic acids is 2. The second kappa shape index (κ2) is 4.60. The van der Waals surface area contributed by atoms with Gasteiger partial charge in [-0.2, -0.15) is 0 Å². The van der Waals surface area contributed by atoms with E-state index in [1.165, 1.54) is 0 Å². The Morgan fingerprint density at radius 3 is 2.71 bits per heavy atom. The average molecular weight is 196 g/mol. The third-order valence-electron chi connectivity index (χ3n) is 2.08. The number of allylic oxidation sites excluding steroid dienone is 3. The van der Waals surface area contributed by atoms with E-state index < -0.39 is 17.9 Å². The molecule has 0 heterocycles. The third-order valence-corrected chi connectivity index (χ3v) is 2.08. The van der Waals surface area contributed by atoms with Crippen molar-refractivity contribution in [3.63, 3.8) is 0 Å². The van der Waals surface area contributed by atoms with Gasteiger partial charge in [0.2, 0.25) is 0 Å². The fourth-order valence-corrected chi connectivity index (χ4v) is 1.34. The zero-order valence-electron chi connectivity index (χ0n) is 7.64. The molecule has 1 aliphatic carbocycles. The molecule has 0 fully saturated rings. The second-order valence-corrected chi connectivity index (χ2v) is 3.22. The van der Waals surface area contributed by atoms with Gasteiger partial charge in [-0.3, -0.25) is 9.59 Å². The van der Waals surface area contributed by atoms with Gasteiger partial charge in [-0.25, -0.2) is 0 Å². The predicted octanol–water partition coefficient (Wildman–Crippen LogP) is 1.44. The summed E-state index contributed by atoms with van der Waals surface area (Å²) in [4.78, 5) is 20.9. The molecule has 0 aliphatic heterocycles. The van der Waals surface area contributed by atoms with Crippen LogP contribution in [0.5, 0.6) is 0 Å². The van der Waals surface area contributed by atoms with Crippen LogP contribution in [-0.2, 0) is 9.59 Å². The molecular formula is C10H12O4. The molecule has 0 radical (unpaired) electrons. The van der Waals surface area contributed by atoms with E-state index in [9.17, 15) is 9.59 Å². The van der Waals surface area contributed by atoms with Crippen LogP contribution >= 0.6 is 0 Å². The van der Waals surface area contributed by atoms with Gasteiger partial charge >= 0.3 is 11.9 Å². The summed E-state index contributed by atoms with van der Waals surface area (Å²) in [5, 5.41) is 17.2. The largest absolute Gasteiger partial charge is 0.481 e. The molecule has 76 valence electrons. The van der Waals surface area contributed by atoms with Gasteiger partial charge in [0.05, 0.1) is 5.92 Å². The maximum atomic E-state index is 10.6. The van der Waals surface area contributed by atoms with Crippen molar-refractivity contribution in [1.29, 1.82) is 0 Å². The highest BCUT2D eigenvalue weighted by Crippen LogP contribution is 2.20. The molecule has 14 heavy (non-hydrogen) atoms. The maximum absolute atomic E-state index is 10.6. The first kappa shape index (κ1) is 10.5. The Bertz CT molecular complexity index is 301. The van der Waals surface area contributed by atoms with E-state index >= 15 is 0 Å². The van der Waals surface area contributed by atoms with Crippen LogP contribution in [0.25, 0.3) is 0 Å². The van der Waals surface area contributed by atoms with Crippen molar-refractivity contribution in [1.82, 2.24) is 0 Å². The Morgan fingerprint density at radius 1 is 1.43 bits per heavy atom. The summed E-state index contributed by atoms with van der Waals surface area (Å²) in [6, 6.07) is 0.